The van der Waals surface area contributed by atoms with Gasteiger partial charge in [-0.2, -0.15) is 0 Å². The monoisotopic (exact) mass is 212 g/mol. The fourth-order valence-electron chi connectivity index (χ4n) is 2.52. The topological polar surface area (TPSA) is 0 Å². The van der Waals surface area contributed by atoms with Gasteiger partial charge in [0.1, 0.15) is 0 Å². The molecule has 0 saturated carbocycles. The molecular weight excluding hydrogens is 180 g/mol. The smallest absolute Gasteiger partial charge is 0.0412 e. The minimum absolute atomic E-state index is 0.957. The average Bonchev–Trinajstić information content (AvgIpc) is 2.23. The van der Waals surface area contributed by atoms with E-state index in [-0.39, 0.29) is 0 Å². The predicted octanol–water partition coefficient (Wildman–Crippen LogP) is 5.81. The summed E-state index contributed by atoms with van der Waals surface area (Å²) in [5, 5.41) is 0. The molecule has 2 atom stereocenters. The van der Waals surface area contributed by atoms with Crippen LogP contribution in [0.2, 0.25) is 0 Å². The standard InChI is InChI=1S/C15H32/c1-5-8-11-14(4)13-15(10-7-3)12-9-6-2/h14-15H,5-13H2,1-4H3. The zero-order valence-electron chi connectivity index (χ0n) is 11.5. The van der Waals surface area contributed by atoms with Crippen molar-refractivity contribution in [3.8, 4) is 0 Å². The summed E-state index contributed by atoms with van der Waals surface area (Å²) in [6.07, 6.45) is 12.8. The van der Waals surface area contributed by atoms with Crippen LogP contribution < -0.4 is 0 Å². The molecule has 0 heterocycles. The molecule has 0 aromatic rings. The van der Waals surface area contributed by atoms with Gasteiger partial charge in [-0.25, -0.2) is 0 Å². The van der Waals surface area contributed by atoms with Gasteiger partial charge in [0.25, 0.3) is 0 Å². The lowest BCUT2D eigenvalue weighted by Crippen LogP contribution is -2.07. The molecule has 0 spiro atoms. The third-order valence-electron chi connectivity index (χ3n) is 3.45. The number of unbranched alkanes of at least 4 members (excludes halogenated alkanes) is 2. The zero-order chi connectivity index (χ0) is 11.5. The second kappa shape index (κ2) is 10.5. The highest BCUT2D eigenvalue weighted by Gasteiger charge is 2.11. The zero-order valence-corrected chi connectivity index (χ0v) is 11.5. The molecule has 0 fully saturated rings. The second-order valence-corrected chi connectivity index (χ2v) is 5.28. The van der Waals surface area contributed by atoms with E-state index in [1.54, 1.807) is 0 Å². The van der Waals surface area contributed by atoms with E-state index in [4.69, 9.17) is 0 Å². The molecule has 0 amide bonds. The Morgan fingerprint density at radius 2 is 1.33 bits per heavy atom. The summed E-state index contributed by atoms with van der Waals surface area (Å²) in [6, 6.07) is 0. The van der Waals surface area contributed by atoms with Crippen LogP contribution in [0.15, 0.2) is 0 Å². The van der Waals surface area contributed by atoms with E-state index in [0.717, 1.165) is 11.8 Å². The summed E-state index contributed by atoms with van der Waals surface area (Å²) < 4.78 is 0. The van der Waals surface area contributed by atoms with Crippen molar-refractivity contribution in [2.75, 3.05) is 0 Å². The first-order valence-corrected chi connectivity index (χ1v) is 7.24. The van der Waals surface area contributed by atoms with Crippen molar-refractivity contribution in [1.29, 1.82) is 0 Å². The molecule has 0 aliphatic rings. The molecule has 92 valence electrons. The quantitative estimate of drug-likeness (QED) is 0.429. The normalized spacial score (nSPS) is 15.2. The van der Waals surface area contributed by atoms with E-state index in [0.29, 0.717) is 0 Å². The maximum atomic E-state index is 2.45. The molecule has 0 aromatic carbocycles. The minimum atomic E-state index is 0.957. The Hall–Kier alpha value is 0. The van der Waals surface area contributed by atoms with E-state index in [2.05, 4.69) is 27.7 Å². The lowest BCUT2D eigenvalue weighted by molar-refractivity contribution is 0.324. The lowest BCUT2D eigenvalue weighted by Gasteiger charge is -2.20. The highest BCUT2D eigenvalue weighted by molar-refractivity contribution is 4.64. The van der Waals surface area contributed by atoms with Crippen LogP contribution in [0, 0.1) is 11.8 Å². The first-order chi connectivity index (χ1) is 7.24. The van der Waals surface area contributed by atoms with Crippen LogP contribution in [0.5, 0.6) is 0 Å². The Morgan fingerprint density at radius 3 is 1.87 bits per heavy atom. The Labute approximate surface area is 97.8 Å². The van der Waals surface area contributed by atoms with Crippen molar-refractivity contribution in [3.05, 3.63) is 0 Å². The summed E-state index contributed by atoms with van der Waals surface area (Å²) in [6.45, 7) is 9.39. The molecular formula is C15H32. The van der Waals surface area contributed by atoms with Crippen LogP contribution in [-0.2, 0) is 0 Å². The molecule has 0 heteroatoms. The van der Waals surface area contributed by atoms with Gasteiger partial charge in [-0.3, -0.25) is 0 Å². The van der Waals surface area contributed by atoms with Crippen LogP contribution in [0.4, 0.5) is 0 Å². The first-order valence-electron chi connectivity index (χ1n) is 7.24. The molecule has 0 nitrogen and oxygen atoms in total. The van der Waals surface area contributed by atoms with Gasteiger partial charge in [0.05, 0.1) is 0 Å². The van der Waals surface area contributed by atoms with Crippen molar-refractivity contribution < 1.29 is 0 Å². The van der Waals surface area contributed by atoms with E-state index < -0.39 is 0 Å². The van der Waals surface area contributed by atoms with Crippen molar-refractivity contribution >= 4 is 0 Å². The van der Waals surface area contributed by atoms with E-state index in [9.17, 15) is 0 Å². The van der Waals surface area contributed by atoms with Crippen molar-refractivity contribution in [2.45, 2.75) is 85.5 Å². The molecule has 0 aliphatic carbocycles. The van der Waals surface area contributed by atoms with Crippen LogP contribution in [0.3, 0.4) is 0 Å². The number of rotatable bonds is 10. The third-order valence-corrected chi connectivity index (χ3v) is 3.45. The SMILES string of the molecule is CCCCC(C)CC(CCC)CCCC. The summed E-state index contributed by atoms with van der Waals surface area (Å²) in [5.74, 6) is 1.97. The second-order valence-electron chi connectivity index (χ2n) is 5.28. The van der Waals surface area contributed by atoms with E-state index in [1.807, 2.05) is 0 Å². The van der Waals surface area contributed by atoms with E-state index in [1.165, 1.54) is 57.8 Å². The first kappa shape index (κ1) is 15.0. The molecule has 0 rings (SSSR count). The van der Waals surface area contributed by atoms with Gasteiger partial charge in [-0.15, -0.1) is 0 Å². The molecule has 0 bridgehead atoms. The Bertz CT molecular complexity index is 117. The Kier molecular flexibility index (Phi) is 10.5. The summed E-state index contributed by atoms with van der Waals surface area (Å²) in [5.41, 5.74) is 0. The highest BCUT2D eigenvalue weighted by Crippen LogP contribution is 2.25. The van der Waals surface area contributed by atoms with Crippen molar-refractivity contribution in [3.63, 3.8) is 0 Å². The average molecular weight is 212 g/mol. The summed E-state index contributed by atoms with van der Waals surface area (Å²) in [7, 11) is 0. The van der Waals surface area contributed by atoms with Crippen LogP contribution in [-0.4, -0.2) is 0 Å². The van der Waals surface area contributed by atoms with Crippen LogP contribution >= 0.6 is 0 Å². The number of hydrogen-bond acceptors (Lipinski definition) is 0. The molecule has 15 heavy (non-hydrogen) atoms. The van der Waals surface area contributed by atoms with Gasteiger partial charge >= 0.3 is 0 Å². The minimum Gasteiger partial charge on any atom is -0.0654 e. The van der Waals surface area contributed by atoms with Crippen molar-refractivity contribution in [2.24, 2.45) is 11.8 Å². The molecule has 0 aromatic heterocycles. The fraction of sp³-hybridized carbons (Fsp3) is 1.00. The van der Waals surface area contributed by atoms with Gasteiger partial charge < -0.3 is 0 Å². The molecule has 2 unspecified atom stereocenters. The largest absolute Gasteiger partial charge is 0.0654 e. The Balaban J connectivity index is 3.70. The van der Waals surface area contributed by atoms with Crippen LogP contribution in [0.1, 0.15) is 85.5 Å². The maximum absolute atomic E-state index is 2.45. The van der Waals surface area contributed by atoms with Gasteiger partial charge in [-0.1, -0.05) is 79.1 Å². The lowest BCUT2D eigenvalue weighted by atomic mass is 9.86. The van der Waals surface area contributed by atoms with Crippen LogP contribution in [0.25, 0.3) is 0 Å². The highest BCUT2D eigenvalue weighted by atomic mass is 14.2. The molecule has 0 N–H and O–H groups in total. The Morgan fingerprint density at radius 1 is 0.733 bits per heavy atom. The molecule has 0 saturated heterocycles. The third kappa shape index (κ3) is 8.96. The molecule has 0 radical (unpaired) electrons. The number of hydrogen-bond donors (Lipinski definition) is 0. The summed E-state index contributed by atoms with van der Waals surface area (Å²) >= 11 is 0. The van der Waals surface area contributed by atoms with Crippen molar-refractivity contribution in [1.82, 2.24) is 0 Å². The fourth-order valence-corrected chi connectivity index (χ4v) is 2.52. The van der Waals surface area contributed by atoms with Gasteiger partial charge in [0.15, 0.2) is 0 Å². The predicted molar refractivity (Wildman–Crippen MR) is 71.2 cm³/mol. The van der Waals surface area contributed by atoms with Gasteiger partial charge in [0.2, 0.25) is 0 Å². The van der Waals surface area contributed by atoms with E-state index >= 15 is 0 Å². The van der Waals surface area contributed by atoms with Gasteiger partial charge in [-0.05, 0) is 18.3 Å². The summed E-state index contributed by atoms with van der Waals surface area (Å²) in [4.78, 5) is 0. The maximum Gasteiger partial charge on any atom is -0.0412 e. The van der Waals surface area contributed by atoms with Gasteiger partial charge in [0, 0.05) is 0 Å². The molecule has 0 aliphatic heterocycles.